The van der Waals surface area contributed by atoms with E-state index in [1.807, 2.05) is 6.92 Å². The Kier molecular flexibility index (Phi) is 4.94. The highest BCUT2D eigenvalue weighted by atomic mass is 16.5. The second-order valence-corrected chi connectivity index (χ2v) is 8.30. The van der Waals surface area contributed by atoms with Crippen LogP contribution in [0.1, 0.15) is 66.2 Å². The van der Waals surface area contributed by atoms with Gasteiger partial charge in [-0.1, -0.05) is 20.3 Å². The number of carbonyl (C=O) groups is 1. The molecule has 0 aromatic rings. The van der Waals surface area contributed by atoms with Crippen molar-refractivity contribution in [2.24, 2.45) is 22.7 Å². The Labute approximate surface area is 134 Å². The molecule has 2 N–H and O–H groups in total. The van der Waals surface area contributed by atoms with Crippen LogP contribution in [-0.4, -0.2) is 35.0 Å². The summed E-state index contributed by atoms with van der Waals surface area (Å²) in [6, 6.07) is 0. The summed E-state index contributed by atoms with van der Waals surface area (Å²) >= 11 is 0. The number of fused-ring (bicyclic) bond motifs is 1. The molecule has 2 rings (SSSR count). The minimum absolute atomic E-state index is 0.00235. The van der Waals surface area contributed by atoms with Crippen molar-refractivity contribution in [1.82, 2.24) is 0 Å². The van der Waals surface area contributed by atoms with Crippen molar-refractivity contribution >= 4 is 5.97 Å². The van der Waals surface area contributed by atoms with E-state index < -0.39 is 5.60 Å². The number of aliphatic hydroxyl groups excluding tert-OH is 1. The number of carbonyl (C=O) groups excluding carboxylic acids is 1. The molecule has 2 saturated carbocycles. The molecule has 0 spiro atoms. The molecule has 0 saturated heterocycles. The lowest BCUT2D eigenvalue weighted by molar-refractivity contribution is -0.184. The van der Waals surface area contributed by atoms with Gasteiger partial charge in [-0.15, -0.1) is 0 Å². The van der Waals surface area contributed by atoms with Gasteiger partial charge in [0, 0.05) is 13.5 Å². The lowest BCUT2D eigenvalue weighted by atomic mass is 9.45. The van der Waals surface area contributed by atoms with Crippen molar-refractivity contribution in [2.45, 2.75) is 71.8 Å². The van der Waals surface area contributed by atoms with Crippen LogP contribution in [0, 0.1) is 22.7 Å². The summed E-state index contributed by atoms with van der Waals surface area (Å²) in [5.41, 5.74) is -0.778. The highest BCUT2D eigenvalue weighted by Gasteiger charge is 2.58. The van der Waals surface area contributed by atoms with E-state index in [1.165, 1.54) is 6.92 Å². The molecular formula is C18H32O4. The molecule has 0 aromatic heterocycles. The van der Waals surface area contributed by atoms with Crippen LogP contribution in [0.2, 0.25) is 0 Å². The van der Waals surface area contributed by atoms with Gasteiger partial charge in [0.15, 0.2) is 0 Å². The molecule has 2 fully saturated rings. The van der Waals surface area contributed by atoms with Gasteiger partial charge in [-0.3, -0.25) is 4.79 Å². The Balaban J connectivity index is 2.24. The second-order valence-electron chi connectivity index (χ2n) is 8.30. The van der Waals surface area contributed by atoms with E-state index >= 15 is 0 Å². The second kappa shape index (κ2) is 6.12. The third-order valence-electron chi connectivity index (χ3n) is 6.66. The molecule has 0 heterocycles. The van der Waals surface area contributed by atoms with E-state index in [9.17, 15) is 15.0 Å². The van der Waals surface area contributed by atoms with Crippen LogP contribution in [0.4, 0.5) is 0 Å². The van der Waals surface area contributed by atoms with Gasteiger partial charge in [0.1, 0.15) is 0 Å². The maximum atomic E-state index is 11.0. The van der Waals surface area contributed by atoms with Gasteiger partial charge in [0.25, 0.3) is 0 Å². The molecule has 4 nitrogen and oxygen atoms in total. The normalized spacial score (nSPS) is 45.2. The van der Waals surface area contributed by atoms with E-state index in [4.69, 9.17) is 4.74 Å². The minimum atomic E-state index is -0.723. The van der Waals surface area contributed by atoms with Crippen LogP contribution in [0.3, 0.4) is 0 Å². The lowest BCUT2D eigenvalue weighted by Gasteiger charge is -2.61. The SMILES string of the molecule is CC(=O)OCCC1C(C)(O)CCC2C(C)(CO)CCCC12C. The Morgan fingerprint density at radius 3 is 2.50 bits per heavy atom. The summed E-state index contributed by atoms with van der Waals surface area (Å²) in [7, 11) is 0. The van der Waals surface area contributed by atoms with Crippen molar-refractivity contribution in [2.75, 3.05) is 13.2 Å². The van der Waals surface area contributed by atoms with Crippen molar-refractivity contribution in [3.05, 3.63) is 0 Å². The summed E-state index contributed by atoms with van der Waals surface area (Å²) in [6.45, 7) is 8.40. The van der Waals surface area contributed by atoms with Crippen LogP contribution in [0.5, 0.6) is 0 Å². The highest BCUT2D eigenvalue weighted by molar-refractivity contribution is 5.65. The summed E-state index contributed by atoms with van der Waals surface area (Å²) < 4.78 is 5.14. The molecule has 5 atom stereocenters. The van der Waals surface area contributed by atoms with Gasteiger partial charge in [0.2, 0.25) is 0 Å². The fraction of sp³-hybridized carbons (Fsp3) is 0.944. The number of esters is 1. The molecule has 2 aliphatic rings. The van der Waals surface area contributed by atoms with Gasteiger partial charge in [-0.05, 0) is 61.7 Å². The molecule has 4 heteroatoms. The van der Waals surface area contributed by atoms with Crippen LogP contribution in [0.15, 0.2) is 0 Å². The van der Waals surface area contributed by atoms with Crippen LogP contribution < -0.4 is 0 Å². The Morgan fingerprint density at radius 1 is 1.23 bits per heavy atom. The number of hydrogen-bond donors (Lipinski definition) is 2. The first-order chi connectivity index (χ1) is 10.2. The van der Waals surface area contributed by atoms with Crippen molar-refractivity contribution in [1.29, 1.82) is 0 Å². The zero-order valence-corrected chi connectivity index (χ0v) is 14.5. The summed E-state index contributed by atoms with van der Waals surface area (Å²) in [6.07, 6.45) is 5.64. The minimum Gasteiger partial charge on any atom is -0.466 e. The average molecular weight is 312 g/mol. The Morgan fingerprint density at radius 2 is 1.91 bits per heavy atom. The van der Waals surface area contributed by atoms with Crippen LogP contribution in [-0.2, 0) is 9.53 Å². The molecule has 0 bridgehead atoms. The number of ether oxygens (including phenoxy) is 1. The van der Waals surface area contributed by atoms with E-state index in [0.29, 0.717) is 18.9 Å². The van der Waals surface area contributed by atoms with E-state index in [2.05, 4.69) is 13.8 Å². The van der Waals surface area contributed by atoms with Crippen LogP contribution in [0.25, 0.3) is 0 Å². The number of hydrogen-bond acceptors (Lipinski definition) is 4. The third-order valence-corrected chi connectivity index (χ3v) is 6.66. The van der Waals surface area contributed by atoms with E-state index in [0.717, 1.165) is 32.1 Å². The van der Waals surface area contributed by atoms with Crippen molar-refractivity contribution < 1.29 is 19.7 Å². The molecule has 128 valence electrons. The fourth-order valence-electron chi connectivity index (χ4n) is 5.58. The number of rotatable bonds is 4. The molecule has 2 aliphatic carbocycles. The first-order valence-electron chi connectivity index (χ1n) is 8.62. The molecule has 0 aromatic carbocycles. The molecule has 5 unspecified atom stereocenters. The number of aliphatic hydroxyl groups is 2. The lowest BCUT2D eigenvalue weighted by Crippen LogP contribution is -2.59. The maximum Gasteiger partial charge on any atom is 0.302 e. The zero-order chi connectivity index (χ0) is 16.6. The van der Waals surface area contributed by atoms with Crippen LogP contribution >= 0.6 is 0 Å². The fourth-order valence-corrected chi connectivity index (χ4v) is 5.58. The predicted molar refractivity (Wildman–Crippen MR) is 85.2 cm³/mol. The summed E-state index contributed by atoms with van der Waals surface area (Å²) in [5, 5.41) is 20.9. The van der Waals surface area contributed by atoms with Gasteiger partial charge in [-0.2, -0.15) is 0 Å². The third kappa shape index (κ3) is 3.05. The zero-order valence-electron chi connectivity index (χ0n) is 14.5. The topological polar surface area (TPSA) is 66.8 Å². The van der Waals surface area contributed by atoms with Gasteiger partial charge < -0.3 is 14.9 Å². The highest BCUT2D eigenvalue weighted by Crippen LogP contribution is 2.62. The predicted octanol–water partition coefficient (Wildman–Crippen LogP) is 2.91. The molecule has 22 heavy (non-hydrogen) atoms. The molecule has 0 radical (unpaired) electrons. The first kappa shape index (κ1) is 17.7. The van der Waals surface area contributed by atoms with Gasteiger partial charge in [0.05, 0.1) is 12.2 Å². The largest absolute Gasteiger partial charge is 0.466 e. The first-order valence-corrected chi connectivity index (χ1v) is 8.62. The molecule has 0 aliphatic heterocycles. The smallest absolute Gasteiger partial charge is 0.302 e. The molecular weight excluding hydrogens is 280 g/mol. The summed E-state index contributed by atoms with van der Waals surface area (Å²) in [5.74, 6) is 0.256. The van der Waals surface area contributed by atoms with Gasteiger partial charge in [-0.25, -0.2) is 0 Å². The monoisotopic (exact) mass is 312 g/mol. The Hall–Kier alpha value is -0.610. The summed E-state index contributed by atoms with van der Waals surface area (Å²) in [4.78, 5) is 11.0. The van der Waals surface area contributed by atoms with E-state index in [1.54, 1.807) is 0 Å². The standard InChI is InChI=1S/C18H32O4/c1-13(20)22-11-7-15-17(3)9-5-8-16(2,12-19)14(17)6-10-18(15,4)21/h14-15,19,21H,5-12H2,1-4H3. The Bertz CT molecular complexity index is 419. The maximum absolute atomic E-state index is 11.0. The van der Waals surface area contributed by atoms with Gasteiger partial charge >= 0.3 is 5.97 Å². The van der Waals surface area contributed by atoms with Crippen molar-refractivity contribution in [3.8, 4) is 0 Å². The average Bonchev–Trinajstić information content (AvgIpc) is 2.41. The van der Waals surface area contributed by atoms with Crippen molar-refractivity contribution in [3.63, 3.8) is 0 Å². The molecule has 0 amide bonds. The van der Waals surface area contributed by atoms with E-state index in [-0.39, 0.29) is 29.3 Å². The quantitative estimate of drug-likeness (QED) is 0.783.